The molecule has 0 aromatic heterocycles. The second-order valence-electron chi connectivity index (χ2n) is 7.44. The molecule has 1 saturated heterocycles. The van der Waals surface area contributed by atoms with Crippen LogP contribution in [0.3, 0.4) is 0 Å². The van der Waals surface area contributed by atoms with E-state index >= 15 is 0 Å². The van der Waals surface area contributed by atoms with E-state index in [-0.39, 0.29) is 5.91 Å². The van der Waals surface area contributed by atoms with Crippen molar-refractivity contribution in [3.63, 3.8) is 0 Å². The standard InChI is InChI=1S/C18H27N3O3S/c1-12-11-13(2)15(4)16(14(12)3)25(23,24)21-9-7-20(8-10-21)17(22)18(19)5-6-18/h11H,5-10,19H2,1-4H3. The Labute approximate surface area is 150 Å². The van der Waals surface area contributed by atoms with E-state index in [1.165, 1.54) is 4.31 Å². The van der Waals surface area contributed by atoms with Crippen molar-refractivity contribution in [2.75, 3.05) is 26.2 Å². The second-order valence-corrected chi connectivity index (χ2v) is 9.32. The van der Waals surface area contributed by atoms with Crippen LogP contribution in [0.2, 0.25) is 0 Å². The van der Waals surface area contributed by atoms with Gasteiger partial charge in [-0.15, -0.1) is 0 Å². The van der Waals surface area contributed by atoms with Gasteiger partial charge in [0.05, 0.1) is 10.4 Å². The van der Waals surface area contributed by atoms with E-state index in [9.17, 15) is 13.2 Å². The fourth-order valence-electron chi connectivity index (χ4n) is 3.49. The molecule has 0 atom stereocenters. The Morgan fingerprint density at radius 2 is 1.48 bits per heavy atom. The number of rotatable bonds is 3. The summed E-state index contributed by atoms with van der Waals surface area (Å²) >= 11 is 0. The van der Waals surface area contributed by atoms with Gasteiger partial charge in [0.2, 0.25) is 15.9 Å². The van der Waals surface area contributed by atoms with Crippen molar-refractivity contribution < 1.29 is 13.2 Å². The van der Waals surface area contributed by atoms with Gasteiger partial charge in [-0.05, 0) is 62.8 Å². The Balaban J connectivity index is 1.83. The van der Waals surface area contributed by atoms with Gasteiger partial charge >= 0.3 is 0 Å². The minimum Gasteiger partial charge on any atom is -0.338 e. The molecule has 2 N–H and O–H groups in total. The first-order chi connectivity index (χ1) is 11.6. The lowest BCUT2D eigenvalue weighted by Crippen LogP contribution is -2.55. The average Bonchev–Trinajstić information content (AvgIpc) is 3.31. The van der Waals surface area contributed by atoms with Gasteiger partial charge in [-0.25, -0.2) is 8.42 Å². The maximum atomic E-state index is 13.2. The number of carbonyl (C=O) groups excluding carboxylic acids is 1. The highest BCUT2D eigenvalue weighted by Crippen LogP contribution is 2.35. The summed E-state index contributed by atoms with van der Waals surface area (Å²) in [6.07, 6.45) is 1.45. The van der Waals surface area contributed by atoms with E-state index < -0.39 is 15.6 Å². The molecular weight excluding hydrogens is 338 g/mol. The number of carbonyl (C=O) groups is 1. The molecule has 6 nitrogen and oxygen atoms in total. The summed E-state index contributed by atoms with van der Waals surface area (Å²) in [5.41, 5.74) is 8.86. The lowest BCUT2D eigenvalue weighted by molar-refractivity contribution is -0.134. The normalized spacial score (nSPS) is 20.6. The first-order valence-electron chi connectivity index (χ1n) is 8.74. The number of hydrogen-bond acceptors (Lipinski definition) is 4. The largest absolute Gasteiger partial charge is 0.338 e. The number of aryl methyl sites for hydroxylation is 2. The van der Waals surface area contributed by atoms with Crippen LogP contribution < -0.4 is 5.73 Å². The number of benzene rings is 1. The van der Waals surface area contributed by atoms with Crippen molar-refractivity contribution in [1.82, 2.24) is 9.21 Å². The third kappa shape index (κ3) is 3.09. The first kappa shape index (κ1) is 18.4. The van der Waals surface area contributed by atoms with Crippen molar-refractivity contribution in [2.24, 2.45) is 5.73 Å². The van der Waals surface area contributed by atoms with E-state index in [0.29, 0.717) is 31.1 Å². The maximum absolute atomic E-state index is 13.2. The van der Waals surface area contributed by atoms with Crippen LogP contribution in [-0.2, 0) is 14.8 Å². The second kappa shape index (κ2) is 6.07. The molecule has 1 aromatic carbocycles. The molecule has 1 aromatic rings. The predicted molar refractivity (Wildman–Crippen MR) is 96.9 cm³/mol. The van der Waals surface area contributed by atoms with Crippen molar-refractivity contribution >= 4 is 15.9 Å². The smallest absolute Gasteiger partial charge is 0.243 e. The molecule has 0 bridgehead atoms. The van der Waals surface area contributed by atoms with E-state index in [0.717, 1.165) is 35.1 Å². The van der Waals surface area contributed by atoms with Gasteiger partial charge in [0, 0.05) is 26.2 Å². The SMILES string of the molecule is Cc1cc(C)c(C)c(S(=O)(=O)N2CCN(C(=O)C3(N)CC3)CC2)c1C. The lowest BCUT2D eigenvalue weighted by Gasteiger charge is -2.36. The highest BCUT2D eigenvalue weighted by atomic mass is 32.2. The molecule has 2 fully saturated rings. The molecule has 0 unspecified atom stereocenters. The van der Waals surface area contributed by atoms with Gasteiger partial charge < -0.3 is 10.6 Å². The number of sulfonamides is 1. The first-order valence-corrected chi connectivity index (χ1v) is 10.2. The number of nitrogens with zero attached hydrogens (tertiary/aromatic N) is 2. The zero-order valence-electron chi connectivity index (χ0n) is 15.4. The zero-order valence-corrected chi connectivity index (χ0v) is 16.2. The Hall–Kier alpha value is -1.44. The fourth-order valence-corrected chi connectivity index (χ4v) is 5.49. The summed E-state index contributed by atoms with van der Waals surface area (Å²) in [5, 5.41) is 0. The monoisotopic (exact) mass is 365 g/mol. The van der Waals surface area contributed by atoms with Gasteiger partial charge in [0.15, 0.2) is 0 Å². The molecular formula is C18H27N3O3S. The van der Waals surface area contributed by atoms with Crippen LogP contribution in [0.25, 0.3) is 0 Å². The third-order valence-corrected chi connectivity index (χ3v) is 7.81. The Bertz CT molecular complexity index is 794. The van der Waals surface area contributed by atoms with Crippen LogP contribution >= 0.6 is 0 Å². The minimum absolute atomic E-state index is 0.0386. The van der Waals surface area contributed by atoms with Gasteiger partial charge in [-0.1, -0.05) is 6.07 Å². The topological polar surface area (TPSA) is 83.7 Å². The van der Waals surface area contributed by atoms with Gasteiger partial charge in [-0.3, -0.25) is 4.79 Å². The van der Waals surface area contributed by atoms with Crippen LogP contribution in [0, 0.1) is 27.7 Å². The van der Waals surface area contributed by atoms with E-state index in [1.807, 2.05) is 33.8 Å². The Kier molecular flexibility index (Phi) is 4.46. The molecule has 138 valence electrons. The van der Waals surface area contributed by atoms with E-state index in [2.05, 4.69) is 0 Å². The molecule has 1 heterocycles. The predicted octanol–water partition coefficient (Wildman–Crippen LogP) is 1.24. The van der Waals surface area contributed by atoms with Crippen LogP contribution in [0.1, 0.15) is 35.1 Å². The molecule has 7 heteroatoms. The number of amides is 1. The summed E-state index contributed by atoms with van der Waals surface area (Å²) in [6, 6.07) is 2.02. The van der Waals surface area contributed by atoms with E-state index in [1.54, 1.807) is 4.90 Å². The molecule has 2 aliphatic rings. The fraction of sp³-hybridized carbons (Fsp3) is 0.611. The quantitative estimate of drug-likeness (QED) is 0.874. The van der Waals surface area contributed by atoms with E-state index in [4.69, 9.17) is 5.73 Å². The van der Waals surface area contributed by atoms with Crippen LogP contribution in [-0.4, -0.2) is 55.2 Å². The molecule has 1 amide bonds. The van der Waals surface area contributed by atoms with Crippen molar-refractivity contribution in [3.05, 3.63) is 28.3 Å². The minimum atomic E-state index is -3.57. The molecule has 25 heavy (non-hydrogen) atoms. The highest BCUT2D eigenvalue weighted by molar-refractivity contribution is 7.89. The summed E-state index contributed by atoms with van der Waals surface area (Å²) < 4.78 is 27.9. The van der Waals surface area contributed by atoms with Crippen molar-refractivity contribution in [2.45, 2.75) is 51.0 Å². The zero-order chi connectivity index (χ0) is 18.6. The number of nitrogens with two attached hydrogens (primary N) is 1. The van der Waals surface area contributed by atoms with Crippen molar-refractivity contribution in [3.8, 4) is 0 Å². The van der Waals surface area contributed by atoms with Crippen LogP contribution in [0.4, 0.5) is 0 Å². The number of piperazine rings is 1. The molecule has 1 aliphatic carbocycles. The highest BCUT2D eigenvalue weighted by Gasteiger charge is 2.48. The van der Waals surface area contributed by atoms with Gasteiger partial charge in [-0.2, -0.15) is 4.31 Å². The molecule has 1 aliphatic heterocycles. The summed E-state index contributed by atoms with van der Waals surface area (Å²) in [7, 11) is -3.57. The maximum Gasteiger partial charge on any atom is 0.243 e. The van der Waals surface area contributed by atoms with Crippen molar-refractivity contribution in [1.29, 1.82) is 0 Å². The molecule has 3 rings (SSSR count). The third-order valence-electron chi connectivity index (χ3n) is 5.64. The Morgan fingerprint density at radius 3 is 1.92 bits per heavy atom. The number of hydrogen-bond donors (Lipinski definition) is 1. The summed E-state index contributed by atoms with van der Waals surface area (Å²) in [6.45, 7) is 9.03. The molecule has 0 radical (unpaired) electrons. The summed E-state index contributed by atoms with van der Waals surface area (Å²) in [5.74, 6) is -0.0386. The average molecular weight is 365 g/mol. The van der Waals surface area contributed by atoms with Gasteiger partial charge in [0.25, 0.3) is 0 Å². The van der Waals surface area contributed by atoms with Crippen LogP contribution in [0.5, 0.6) is 0 Å². The Morgan fingerprint density at radius 1 is 1.00 bits per heavy atom. The van der Waals surface area contributed by atoms with Gasteiger partial charge in [0.1, 0.15) is 0 Å². The molecule has 1 saturated carbocycles. The summed E-state index contributed by atoms with van der Waals surface area (Å²) in [4.78, 5) is 14.5. The van der Waals surface area contributed by atoms with Crippen LogP contribution in [0.15, 0.2) is 11.0 Å². The lowest BCUT2D eigenvalue weighted by atomic mass is 10.0. The molecule has 0 spiro atoms.